The van der Waals surface area contributed by atoms with Crippen molar-refractivity contribution in [3.8, 4) is 33.6 Å². The quantitative estimate of drug-likeness (QED) is 0.145. The van der Waals surface area contributed by atoms with Crippen molar-refractivity contribution in [3.63, 3.8) is 0 Å². The fourth-order valence-electron chi connectivity index (χ4n) is 6.89. The highest BCUT2D eigenvalue weighted by Crippen LogP contribution is 2.42. The standard InChI is InChI=1S/C41H24FIN2/c42-36-19-7-18-33-34(36)21-25-10-2-4-13-29(25)39(33)41-44-38-23-26(28-14-5-11-24-9-1-3-12-27(24)28)22-35(40(38)45-41)31-15-6-17-32-30(31)16-8-20-37(32)43/h1-23H,(H,44,45). The largest absolute Gasteiger partial charge is 0.338 e. The van der Waals surface area contributed by atoms with Crippen LogP contribution in [0.25, 0.3) is 87.8 Å². The van der Waals surface area contributed by atoms with Gasteiger partial charge in [-0.2, -0.15) is 0 Å². The van der Waals surface area contributed by atoms with E-state index in [1.807, 2.05) is 30.3 Å². The number of halogens is 2. The number of rotatable bonds is 3. The highest BCUT2D eigenvalue weighted by molar-refractivity contribution is 14.1. The minimum absolute atomic E-state index is 0.236. The van der Waals surface area contributed by atoms with Crippen molar-refractivity contribution in [1.82, 2.24) is 9.97 Å². The molecule has 0 atom stereocenters. The van der Waals surface area contributed by atoms with Crippen LogP contribution in [0, 0.1) is 9.39 Å². The molecule has 0 saturated heterocycles. The highest BCUT2D eigenvalue weighted by atomic mass is 127. The average molecular weight is 691 g/mol. The maximum Gasteiger partial charge on any atom is 0.139 e. The molecule has 9 rings (SSSR count). The van der Waals surface area contributed by atoms with Gasteiger partial charge in [0, 0.05) is 20.1 Å². The van der Waals surface area contributed by atoms with Gasteiger partial charge in [-0.3, -0.25) is 0 Å². The molecule has 0 aliphatic rings. The van der Waals surface area contributed by atoms with Crippen LogP contribution in [-0.2, 0) is 0 Å². The van der Waals surface area contributed by atoms with Gasteiger partial charge in [0.05, 0.1) is 11.0 Å². The molecule has 0 fully saturated rings. The Hall–Kier alpha value is -5.07. The number of hydrogen-bond donors (Lipinski definition) is 1. The first-order valence-corrected chi connectivity index (χ1v) is 16.0. The van der Waals surface area contributed by atoms with Crippen LogP contribution in [0.4, 0.5) is 4.39 Å². The lowest BCUT2D eigenvalue weighted by Crippen LogP contribution is -1.89. The molecule has 9 aromatic rings. The van der Waals surface area contributed by atoms with Gasteiger partial charge in [0.25, 0.3) is 0 Å². The molecule has 212 valence electrons. The Balaban J connectivity index is 1.40. The van der Waals surface area contributed by atoms with Crippen molar-refractivity contribution in [2.24, 2.45) is 0 Å². The smallest absolute Gasteiger partial charge is 0.139 e. The summed E-state index contributed by atoms with van der Waals surface area (Å²) in [6, 6.07) is 47.8. The molecule has 0 spiro atoms. The number of H-pyrrole nitrogens is 1. The zero-order valence-corrected chi connectivity index (χ0v) is 26.1. The van der Waals surface area contributed by atoms with Gasteiger partial charge in [0.15, 0.2) is 0 Å². The number of fused-ring (bicyclic) bond motifs is 5. The molecule has 45 heavy (non-hydrogen) atoms. The van der Waals surface area contributed by atoms with Gasteiger partial charge < -0.3 is 4.98 Å². The zero-order valence-electron chi connectivity index (χ0n) is 24.0. The van der Waals surface area contributed by atoms with Crippen LogP contribution in [0.3, 0.4) is 0 Å². The highest BCUT2D eigenvalue weighted by Gasteiger charge is 2.20. The number of hydrogen-bond acceptors (Lipinski definition) is 1. The van der Waals surface area contributed by atoms with Gasteiger partial charge in [0.1, 0.15) is 11.6 Å². The first-order chi connectivity index (χ1) is 22.1. The molecule has 4 heteroatoms. The topological polar surface area (TPSA) is 28.7 Å². The molecule has 0 bridgehead atoms. The van der Waals surface area contributed by atoms with E-state index in [9.17, 15) is 0 Å². The first-order valence-electron chi connectivity index (χ1n) is 14.9. The number of aromatic nitrogens is 2. The SMILES string of the molecule is Fc1cccc2c(-c3nc4c(-c5cccc6c(I)cccc56)cc(-c5cccc6ccccc56)cc4[nH]3)c3ccccc3cc12. The van der Waals surface area contributed by atoms with Crippen LogP contribution < -0.4 is 0 Å². The Morgan fingerprint density at radius 3 is 2.09 bits per heavy atom. The third-order valence-electron chi connectivity index (χ3n) is 8.94. The van der Waals surface area contributed by atoms with E-state index in [-0.39, 0.29) is 5.82 Å². The molecule has 0 aliphatic carbocycles. The monoisotopic (exact) mass is 690 g/mol. The number of benzene rings is 8. The van der Waals surface area contributed by atoms with Gasteiger partial charge >= 0.3 is 0 Å². The van der Waals surface area contributed by atoms with E-state index >= 15 is 4.39 Å². The Labute approximate surface area is 272 Å². The number of imidazole rings is 1. The van der Waals surface area contributed by atoms with Crippen LogP contribution in [0.5, 0.6) is 0 Å². The summed E-state index contributed by atoms with van der Waals surface area (Å²) in [6.07, 6.45) is 0. The second-order valence-electron chi connectivity index (χ2n) is 11.5. The summed E-state index contributed by atoms with van der Waals surface area (Å²) in [5.41, 5.74) is 7.19. The van der Waals surface area contributed by atoms with Gasteiger partial charge in [-0.15, -0.1) is 0 Å². The summed E-state index contributed by atoms with van der Waals surface area (Å²) in [4.78, 5) is 9.04. The molecule has 0 saturated carbocycles. The summed E-state index contributed by atoms with van der Waals surface area (Å²) in [5.74, 6) is 0.489. The van der Waals surface area contributed by atoms with Crippen LogP contribution >= 0.6 is 22.6 Å². The maximum atomic E-state index is 15.2. The van der Waals surface area contributed by atoms with Crippen LogP contribution in [0.2, 0.25) is 0 Å². The van der Waals surface area contributed by atoms with Crippen LogP contribution in [-0.4, -0.2) is 9.97 Å². The van der Waals surface area contributed by atoms with E-state index in [0.29, 0.717) is 5.39 Å². The van der Waals surface area contributed by atoms with Crippen molar-refractivity contribution in [2.75, 3.05) is 0 Å². The Kier molecular flexibility index (Phi) is 6.00. The lowest BCUT2D eigenvalue weighted by molar-refractivity contribution is 0.640. The lowest BCUT2D eigenvalue weighted by Gasteiger charge is -2.13. The minimum atomic E-state index is -0.236. The molecule has 0 unspecified atom stereocenters. The summed E-state index contributed by atoms with van der Waals surface area (Å²) >= 11 is 2.42. The fourth-order valence-corrected chi connectivity index (χ4v) is 7.57. The van der Waals surface area contributed by atoms with Crippen LogP contribution in [0.15, 0.2) is 140 Å². The fraction of sp³-hybridized carbons (Fsp3) is 0. The third-order valence-corrected chi connectivity index (χ3v) is 9.88. The van der Waals surface area contributed by atoms with Gasteiger partial charge in [-0.1, -0.05) is 109 Å². The predicted octanol–water partition coefficient (Wildman–Crippen LogP) is 11.9. The minimum Gasteiger partial charge on any atom is -0.338 e. The molecular formula is C41H24FIN2. The Morgan fingerprint density at radius 1 is 0.511 bits per heavy atom. The van der Waals surface area contributed by atoms with E-state index in [1.54, 1.807) is 6.07 Å². The summed E-state index contributed by atoms with van der Waals surface area (Å²) in [7, 11) is 0. The molecule has 2 nitrogen and oxygen atoms in total. The Morgan fingerprint density at radius 2 is 1.18 bits per heavy atom. The zero-order chi connectivity index (χ0) is 30.1. The van der Waals surface area contributed by atoms with E-state index in [0.717, 1.165) is 55.3 Å². The molecular weight excluding hydrogens is 666 g/mol. The van der Waals surface area contributed by atoms with E-state index in [4.69, 9.17) is 4.98 Å². The van der Waals surface area contributed by atoms with Crippen molar-refractivity contribution in [2.45, 2.75) is 0 Å². The Bertz CT molecular complexity index is 2630. The molecule has 1 aromatic heterocycles. The molecule has 8 aromatic carbocycles. The first kappa shape index (κ1) is 26.3. The van der Waals surface area contributed by atoms with Gasteiger partial charge in [-0.05, 0) is 107 Å². The number of nitrogens with one attached hydrogen (secondary N) is 1. The van der Waals surface area contributed by atoms with Gasteiger partial charge in [-0.25, -0.2) is 9.37 Å². The summed E-state index contributed by atoms with van der Waals surface area (Å²) in [6.45, 7) is 0. The molecule has 0 amide bonds. The maximum absolute atomic E-state index is 15.2. The van der Waals surface area contributed by atoms with Crippen molar-refractivity contribution >= 4 is 76.7 Å². The molecule has 1 N–H and O–H groups in total. The van der Waals surface area contributed by atoms with E-state index < -0.39 is 0 Å². The lowest BCUT2D eigenvalue weighted by atomic mass is 9.92. The van der Waals surface area contributed by atoms with E-state index in [1.165, 1.54) is 36.7 Å². The summed E-state index contributed by atoms with van der Waals surface area (Å²) < 4.78 is 16.4. The molecule has 1 heterocycles. The van der Waals surface area contributed by atoms with Crippen molar-refractivity contribution < 1.29 is 4.39 Å². The number of aromatic amines is 1. The number of nitrogens with zero attached hydrogens (tertiary/aromatic N) is 1. The van der Waals surface area contributed by atoms with Crippen molar-refractivity contribution in [3.05, 3.63) is 149 Å². The third kappa shape index (κ3) is 4.16. The molecule has 0 aliphatic heterocycles. The van der Waals surface area contributed by atoms with E-state index in [2.05, 4.69) is 125 Å². The predicted molar refractivity (Wildman–Crippen MR) is 195 cm³/mol. The molecule has 0 radical (unpaired) electrons. The average Bonchev–Trinajstić information content (AvgIpc) is 3.51. The second kappa shape index (κ2) is 10.2. The normalized spacial score (nSPS) is 11.8. The summed E-state index contributed by atoms with van der Waals surface area (Å²) in [5, 5.41) is 8.24. The van der Waals surface area contributed by atoms with Gasteiger partial charge in [0.2, 0.25) is 0 Å². The second-order valence-corrected chi connectivity index (χ2v) is 12.6. The van der Waals surface area contributed by atoms with Crippen LogP contribution in [0.1, 0.15) is 0 Å². The van der Waals surface area contributed by atoms with Crippen molar-refractivity contribution in [1.29, 1.82) is 0 Å².